The van der Waals surface area contributed by atoms with E-state index < -0.39 is 13.9 Å². The molecular weight excluding hydrogens is 454 g/mol. The first-order valence-corrected chi connectivity index (χ1v) is 15.5. The second-order valence-electron chi connectivity index (χ2n) is 11.8. The average molecular weight is 494 g/mol. The molecule has 0 aromatic carbocycles. The van der Waals surface area contributed by atoms with Crippen molar-refractivity contribution in [1.82, 2.24) is 24.5 Å². The fourth-order valence-electron chi connectivity index (χ4n) is 4.46. The summed E-state index contributed by atoms with van der Waals surface area (Å²) in [7, 11) is 0.105. The quantitative estimate of drug-likeness (QED) is 0.417. The summed E-state index contributed by atoms with van der Waals surface area (Å²) in [6, 6.07) is 4.69. The third-order valence-electron chi connectivity index (χ3n) is 7.81. The molecule has 0 saturated heterocycles. The van der Waals surface area contributed by atoms with E-state index in [0.717, 1.165) is 53.7 Å². The molecule has 1 aliphatic carbocycles. The number of nitrogens with one attached hydrogen (secondary N) is 1. The van der Waals surface area contributed by atoms with Crippen LogP contribution in [-0.4, -0.2) is 46.0 Å². The lowest BCUT2D eigenvalue weighted by molar-refractivity contribution is 0.116. The summed E-state index contributed by atoms with van der Waals surface area (Å²) in [5.41, 5.74) is 2.10. The number of fused-ring (bicyclic) bond motifs is 1. The summed E-state index contributed by atoms with van der Waals surface area (Å²) in [4.78, 5) is 4.56. The number of hydrogen-bond donors (Lipinski definition) is 1. The molecule has 4 rings (SSSR count). The van der Waals surface area contributed by atoms with Gasteiger partial charge in [0.2, 0.25) is 0 Å². The van der Waals surface area contributed by atoms with Crippen LogP contribution in [0.15, 0.2) is 24.7 Å². The van der Waals surface area contributed by atoms with Crippen molar-refractivity contribution >= 4 is 25.0 Å². The zero-order valence-corrected chi connectivity index (χ0v) is 23.4. The predicted molar refractivity (Wildman–Crippen MR) is 143 cm³/mol. The highest BCUT2D eigenvalue weighted by atomic mass is 28.4. The Bertz CT molecular complexity index is 1240. The molecule has 0 spiro atoms. The number of nitriles is 1. The lowest BCUT2D eigenvalue weighted by atomic mass is 9.93. The molecular formula is C26H39N7OSi. The third-order valence-corrected chi connectivity index (χ3v) is 12.3. The molecule has 8 nitrogen and oxygen atoms in total. The van der Waals surface area contributed by atoms with Gasteiger partial charge in [-0.3, -0.25) is 9.36 Å². The van der Waals surface area contributed by atoms with Gasteiger partial charge in [0.25, 0.3) is 0 Å². The van der Waals surface area contributed by atoms with Gasteiger partial charge in [-0.25, -0.2) is 4.98 Å². The average Bonchev–Trinajstić information content (AvgIpc) is 3.44. The summed E-state index contributed by atoms with van der Waals surface area (Å²) < 4.78 is 10.6. The molecule has 0 unspecified atom stereocenters. The highest BCUT2D eigenvalue weighted by molar-refractivity contribution is 6.74. The molecule has 1 N–H and O–H groups in total. The highest BCUT2D eigenvalue weighted by Gasteiger charge is 2.40. The third kappa shape index (κ3) is 4.87. The SMILES string of the molecule is CNc1cc2c(cn1)c(-c1cnn(C(C)(C)C#N)c1)nn2[C@H]1CC[C@H](O[Si](C)(C)C(C)(C)C)CC1. The minimum Gasteiger partial charge on any atom is -0.414 e. The molecule has 0 bridgehead atoms. The zero-order chi connectivity index (χ0) is 25.6. The van der Waals surface area contributed by atoms with Crippen LogP contribution in [0.2, 0.25) is 18.1 Å². The minimum absolute atomic E-state index is 0.220. The maximum absolute atomic E-state index is 9.51. The van der Waals surface area contributed by atoms with Crippen molar-refractivity contribution in [3.05, 3.63) is 24.7 Å². The van der Waals surface area contributed by atoms with Gasteiger partial charge in [-0.15, -0.1) is 0 Å². The van der Waals surface area contributed by atoms with Crippen molar-refractivity contribution in [1.29, 1.82) is 5.26 Å². The van der Waals surface area contributed by atoms with Crippen LogP contribution in [0, 0.1) is 11.3 Å². The Balaban J connectivity index is 1.64. The van der Waals surface area contributed by atoms with E-state index in [2.05, 4.69) is 66.1 Å². The largest absolute Gasteiger partial charge is 0.414 e. The maximum Gasteiger partial charge on any atom is 0.192 e. The summed E-state index contributed by atoms with van der Waals surface area (Å²) >= 11 is 0. The zero-order valence-electron chi connectivity index (χ0n) is 22.4. The predicted octanol–water partition coefficient (Wildman–Crippen LogP) is 6.10. The molecule has 3 aromatic heterocycles. The van der Waals surface area contributed by atoms with Crippen molar-refractivity contribution in [2.75, 3.05) is 12.4 Å². The molecule has 1 aliphatic rings. The summed E-state index contributed by atoms with van der Waals surface area (Å²) in [5.74, 6) is 0.821. The number of hydrogen-bond acceptors (Lipinski definition) is 6. The molecule has 0 amide bonds. The van der Waals surface area contributed by atoms with Gasteiger partial charge in [-0.1, -0.05) is 20.8 Å². The van der Waals surface area contributed by atoms with Crippen molar-refractivity contribution < 1.29 is 4.43 Å². The van der Waals surface area contributed by atoms with Crippen LogP contribution in [0.1, 0.15) is 66.3 Å². The van der Waals surface area contributed by atoms with E-state index in [-0.39, 0.29) is 5.04 Å². The second-order valence-corrected chi connectivity index (χ2v) is 16.5. The number of anilines is 1. The van der Waals surface area contributed by atoms with Crippen molar-refractivity contribution in [2.45, 2.75) is 96.1 Å². The number of nitrogens with zero attached hydrogens (tertiary/aromatic N) is 6. The van der Waals surface area contributed by atoms with Crippen molar-refractivity contribution in [2.24, 2.45) is 0 Å². The van der Waals surface area contributed by atoms with E-state index in [4.69, 9.17) is 9.52 Å². The van der Waals surface area contributed by atoms with Crippen LogP contribution in [0.25, 0.3) is 22.2 Å². The van der Waals surface area contributed by atoms with E-state index in [0.29, 0.717) is 12.1 Å². The van der Waals surface area contributed by atoms with Crippen molar-refractivity contribution in [3.63, 3.8) is 0 Å². The first-order chi connectivity index (χ1) is 16.4. The summed E-state index contributed by atoms with van der Waals surface area (Å²) in [6.45, 7) is 15.3. The van der Waals surface area contributed by atoms with Crippen LogP contribution in [0.3, 0.4) is 0 Å². The van der Waals surface area contributed by atoms with Gasteiger partial charge >= 0.3 is 0 Å². The Morgan fingerprint density at radius 1 is 1.11 bits per heavy atom. The Morgan fingerprint density at radius 3 is 2.40 bits per heavy atom. The van der Waals surface area contributed by atoms with E-state index in [1.165, 1.54) is 0 Å². The van der Waals surface area contributed by atoms with E-state index >= 15 is 0 Å². The van der Waals surface area contributed by atoms with Gasteiger partial charge in [0, 0.05) is 42.6 Å². The van der Waals surface area contributed by atoms with Gasteiger partial charge in [0.05, 0.1) is 23.8 Å². The van der Waals surface area contributed by atoms with Crippen LogP contribution in [0.4, 0.5) is 5.82 Å². The van der Waals surface area contributed by atoms with Crippen LogP contribution >= 0.6 is 0 Å². The normalized spacial score (nSPS) is 19.6. The maximum atomic E-state index is 9.51. The summed E-state index contributed by atoms with van der Waals surface area (Å²) in [6.07, 6.45) is 10.1. The monoisotopic (exact) mass is 493 g/mol. The van der Waals surface area contributed by atoms with Gasteiger partial charge < -0.3 is 9.74 Å². The molecule has 1 fully saturated rings. The van der Waals surface area contributed by atoms with Gasteiger partial charge in [-0.2, -0.15) is 15.5 Å². The standard InChI is InChI=1S/C26H39N7OSi/c1-25(2,3)35(7,8)34-20-11-9-19(10-12-20)33-22-13-23(28-6)29-15-21(22)24(31-33)18-14-30-32(16-18)26(4,5)17-27/h13-16,19-20H,9-12H2,1-8H3,(H,28,29)/t19-,20-. The number of rotatable bonds is 6. The smallest absolute Gasteiger partial charge is 0.192 e. The second kappa shape index (κ2) is 9.06. The molecule has 188 valence electrons. The highest BCUT2D eigenvalue weighted by Crippen LogP contribution is 2.41. The first kappa shape index (κ1) is 25.4. The summed E-state index contributed by atoms with van der Waals surface area (Å²) in [5, 5.41) is 23.4. The fraction of sp³-hybridized carbons (Fsp3) is 0.615. The van der Waals surface area contributed by atoms with Crippen LogP contribution < -0.4 is 5.32 Å². The van der Waals surface area contributed by atoms with E-state index in [1.54, 1.807) is 10.9 Å². The fourth-order valence-corrected chi connectivity index (χ4v) is 5.89. The first-order valence-electron chi connectivity index (χ1n) is 12.6. The molecule has 9 heteroatoms. The topological polar surface area (TPSA) is 93.6 Å². The minimum atomic E-state index is -1.78. The molecule has 0 atom stereocenters. The Hall–Kier alpha value is -2.70. The Morgan fingerprint density at radius 2 is 1.80 bits per heavy atom. The lowest BCUT2D eigenvalue weighted by Crippen LogP contribution is -2.44. The molecule has 0 aliphatic heterocycles. The van der Waals surface area contributed by atoms with E-state index in [9.17, 15) is 5.26 Å². The number of aromatic nitrogens is 5. The molecule has 0 radical (unpaired) electrons. The number of pyridine rings is 1. The lowest BCUT2D eigenvalue weighted by Gasteiger charge is -2.41. The van der Waals surface area contributed by atoms with Crippen LogP contribution in [-0.2, 0) is 9.96 Å². The van der Waals surface area contributed by atoms with E-state index in [1.807, 2.05) is 33.3 Å². The molecule has 1 saturated carbocycles. The van der Waals surface area contributed by atoms with Gasteiger partial charge in [0.15, 0.2) is 8.32 Å². The van der Waals surface area contributed by atoms with Crippen LogP contribution in [0.5, 0.6) is 0 Å². The van der Waals surface area contributed by atoms with Gasteiger partial charge in [0.1, 0.15) is 17.1 Å². The molecule has 3 heterocycles. The van der Waals surface area contributed by atoms with Gasteiger partial charge in [-0.05, 0) is 57.7 Å². The Labute approximate surface area is 209 Å². The molecule has 3 aromatic rings. The molecule has 35 heavy (non-hydrogen) atoms. The van der Waals surface area contributed by atoms with Crippen molar-refractivity contribution in [3.8, 4) is 17.3 Å². The Kier molecular flexibility index (Phi) is 6.58.